The van der Waals surface area contributed by atoms with Crippen LogP contribution >= 0.6 is 22.9 Å². The van der Waals surface area contributed by atoms with Crippen LogP contribution in [-0.2, 0) is 6.54 Å². The summed E-state index contributed by atoms with van der Waals surface area (Å²) in [7, 11) is 0. The summed E-state index contributed by atoms with van der Waals surface area (Å²) in [6.07, 6.45) is 5.45. The van der Waals surface area contributed by atoms with E-state index >= 15 is 0 Å². The van der Waals surface area contributed by atoms with Gasteiger partial charge < -0.3 is 4.57 Å². The van der Waals surface area contributed by atoms with Crippen LogP contribution in [0.25, 0.3) is 21.9 Å². The number of benzene rings is 2. The van der Waals surface area contributed by atoms with Gasteiger partial charge in [0, 0.05) is 39.3 Å². The monoisotopic (exact) mass is 474 g/mol. The van der Waals surface area contributed by atoms with Gasteiger partial charge in [0.1, 0.15) is 0 Å². The first-order valence-corrected chi connectivity index (χ1v) is 11.4. The summed E-state index contributed by atoms with van der Waals surface area (Å²) >= 11 is 7.43. The van der Waals surface area contributed by atoms with Crippen molar-refractivity contribution in [2.45, 2.75) is 20.4 Å². The van der Waals surface area contributed by atoms with Gasteiger partial charge in [0.25, 0.3) is 5.91 Å². The first kappa shape index (κ1) is 21.2. The summed E-state index contributed by atoms with van der Waals surface area (Å²) in [4.78, 5) is 26.8. The van der Waals surface area contributed by atoms with Gasteiger partial charge in [-0.15, -0.1) is 11.3 Å². The highest BCUT2D eigenvalue weighted by molar-refractivity contribution is 7.15. The third-order valence-electron chi connectivity index (χ3n) is 5.38. The standard InChI is InChI=1S/C24H19ClN6OS/c1-14-15(2)29-21-9-16(7-8-20(21)28-14)23(32)30-27-10-17-12-31(13-18-11-26-24(25)33-18)22-6-4-3-5-19(17)22/h3-12H,13H2,1-2H3,(H,30,32)/b27-10+. The number of hydrogen-bond donors (Lipinski definition) is 1. The number of nitrogens with one attached hydrogen (secondary N) is 1. The molecule has 164 valence electrons. The summed E-state index contributed by atoms with van der Waals surface area (Å²) in [5.74, 6) is -0.309. The molecule has 1 amide bonds. The van der Waals surface area contributed by atoms with Gasteiger partial charge in [0.2, 0.25) is 0 Å². The lowest BCUT2D eigenvalue weighted by Crippen LogP contribution is -2.17. The minimum absolute atomic E-state index is 0.309. The number of thiazole rings is 1. The molecule has 0 aliphatic carbocycles. The molecule has 0 aliphatic rings. The van der Waals surface area contributed by atoms with Gasteiger partial charge >= 0.3 is 0 Å². The van der Waals surface area contributed by atoms with Gasteiger partial charge in [0.15, 0.2) is 4.47 Å². The van der Waals surface area contributed by atoms with E-state index in [-0.39, 0.29) is 5.91 Å². The Morgan fingerprint density at radius 1 is 1.15 bits per heavy atom. The largest absolute Gasteiger partial charge is 0.341 e. The number of nitrogens with zero attached hydrogens (tertiary/aromatic N) is 5. The molecule has 3 heterocycles. The molecular weight excluding hydrogens is 456 g/mol. The molecular formula is C24H19ClN6OS. The maximum absolute atomic E-state index is 12.6. The topological polar surface area (TPSA) is 85.1 Å². The molecule has 0 aliphatic heterocycles. The van der Waals surface area contributed by atoms with E-state index in [9.17, 15) is 4.79 Å². The molecule has 33 heavy (non-hydrogen) atoms. The van der Waals surface area contributed by atoms with Crippen LogP contribution in [0.3, 0.4) is 0 Å². The van der Waals surface area contributed by atoms with E-state index in [0.717, 1.165) is 38.2 Å². The molecule has 0 fully saturated rings. The maximum atomic E-state index is 12.6. The Balaban J connectivity index is 1.37. The maximum Gasteiger partial charge on any atom is 0.271 e. The Labute approximate surface area is 198 Å². The van der Waals surface area contributed by atoms with Crippen molar-refractivity contribution in [3.8, 4) is 0 Å². The predicted molar refractivity (Wildman–Crippen MR) is 132 cm³/mol. The number of aromatic nitrogens is 4. The second-order valence-corrected chi connectivity index (χ2v) is 9.30. The highest BCUT2D eigenvalue weighted by Gasteiger charge is 2.10. The molecule has 5 aromatic rings. The number of fused-ring (bicyclic) bond motifs is 2. The zero-order valence-electron chi connectivity index (χ0n) is 17.9. The van der Waals surface area contributed by atoms with Crippen molar-refractivity contribution >= 4 is 57.0 Å². The molecule has 2 aromatic carbocycles. The van der Waals surface area contributed by atoms with Crippen molar-refractivity contribution in [1.82, 2.24) is 24.9 Å². The molecule has 0 radical (unpaired) electrons. The molecule has 9 heteroatoms. The fourth-order valence-corrected chi connectivity index (χ4v) is 4.61. The minimum Gasteiger partial charge on any atom is -0.341 e. The average Bonchev–Trinajstić information content (AvgIpc) is 3.37. The number of para-hydroxylation sites is 1. The van der Waals surface area contributed by atoms with Crippen LogP contribution in [0.5, 0.6) is 0 Å². The van der Waals surface area contributed by atoms with Crippen LogP contribution in [0.4, 0.5) is 0 Å². The number of hydrogen-bond acceptors (Lipinski definition) is 6. The molecule has 0 unspecified atom stereocenters. The number of hydrazone groups is 1. The molecule has 5 rings (SSSR count). The van der Waals surface area contributed by atoms with Gasteiger partial charge in [0.05, 0.1) is 35.2 Å². The van der Waals surface area contributed by atoms with Crippen molar-refractivity contribution in [3.63, 3.8) is 0 Å². The fourth-order valence-electron chi connectivity index (χ4n) is 3.63. The molecule has 7 nitrogen and oxygen atoms in total. The van der Waals surface area contributed by atoms with E-state index in [2.05, 4.69) is 30.0 Å². The third kappa shape index (κ3) is 4.35. The number of carbonyl (C=O) groups is 1. The number of aryl methyl sites for hydroxylation is 2. The van der Waals surface area contributed by atoms with Gasteiger partial charge in [-0.1, -0.05) is 29.8 Å². The summed E-state index contributed by atoms with van der Waals surface area (Å²) in [6, 6.07) is 13.3. The van der Waals surface area contributed by atoms with Gasteiger partial charge in [-0.05, 0) is 38.1 Å². The van der Waals surface area contributed by atoms with Crippen LogP contribution in [-0.4, -0.2) is 31.6 Å². The second kappa shape index (κ2) is 8.73. The summed E-state index contributed by atoms with van der Waals surface area (Å²) in [6.45, 7) is 4.47. The van der Waals surface area contributed by atoms with Crippen molar-refractivity contribution < 1.29 is 4.79 Å². The zero-order valence-corrected chi connectivity index (χ0v) is 19.5. The van der Waals surface area contributed by atoms with Crippen molar-refractivity contribution in [3.05, 3.63) is 86.7 Å². The highest BCUT2D eigenvalue weighted by Crippen LogP contribution is 2.24. The van der Waals surface area contributed by atoms with Crippen LogP contribution in [0, 0.1) is 13.8 Å². The van der Waals surface area contributed by atoms with E-state index in [1.807, 2.05) is 44.3 Å². The van der Waals surface area contributed by atoms with Crippen molar-refractivity contribution in [1.29, 1.82) is 0 Å². The Bertz CT molecular complexity index is 1540. The summed E-state index contributed by atoms with van der Waals surface area (Å²) in [5, 5.41) is 5.24. The molecule has 3 aromatic heterocycles. The zero-order chi connectivity index (χ0) is 22.9. The lowest BCUT2D eigenvalue weighted by Gasteiger charge is -2.04. The number of carbonyl (C=O) groups excluding carboxylic acids is 1. The van der Waals surface area contributed by atoms with E-state index < -0.39 is 0 Å². The molecule has 0 atom stereocenters. The van der Waals surface area contributed by atoms with Crippen LogP contribution < -0.4 is 5.43 Å². The highest BCUT2D eigenvalue weighted by atomic mass is 35.5. The number of rotatable bonds is 5. The van der Waals surface area contributed by atoms with E-state index in [1.165, 1.54) is 11.3 Å². The molecule has 0 spiro atoms. The SMILES string of the molecule is Cc1nc2ccc(C(=O)N/N=C/c3cn(Cc4cnc(Cl)s4)c4ccccc34)cc2nc1C. The van der Waals surface area contributed by atoms with Crippen molar-refractivity contribution in [2.75, 3.05) is 0 Å². The Morgan fingerprint density at radius 3 is 2.73 bits per heavy atom. The molecule has 0 saturated heterocycles. The van der Waals surface area contributed by atoms with Crippen LogP contribution in [0.15, 0.2) is 60.0 Å². The minimum atomic E-state index is -0.309. The molecule has 1 N–H and O–H groups in total. The molecule has 0 saturated carbocycles. The number of amides is 1. The first-order valence-electron chi connectivity index (χ1n) is 10.2. The van der Waals surface area contributed by atoms with E-state index in [1.54, 1.807) is 30.6 Å². The molecule has 0 bridgehead atoms. The Morgan fingerprint density at radius 2 is 1.94 bits per heavy atom. The quantitative estimate of drug-likeness (QED) is 0.283. The lowest BCUT2D eigenvalue weighted by molar-refractivity contribution is 0.0955. The average molecular weight is 475 g/mol. The summed E-state index contributed by atoms with van der Waals surface area (Å²) in [5.41, 5.74) is 8.21. The third-order valence-corrected chi connectivity index (χ3v) is 6.48. The smallest absolute Gasteiger partial charge is 0.271 e. The normalized spacial score (nSPS) is 11.6. The Hall–Kier alpha value is -3.62. The van der Waals surface area contributed by atoms with Crippen molar-refractivity contribution in [2.24, 2.45) is 5.10 Å². The fraction of sp³-hybridized carbons (Fsp3) is 0.125. The Kier molecular flexibility index (Phi) is 5.62. The first-order chi connectivity index (χ1) is 16.0. The van der Waals surface area contributed by atoms with Gasteiger partial charge in [-0.2, -0.15) is 5.10 Å². The second-order valence-electron chi connectivity index (χ2n) is 7.61. The van der Waals surface area contributed by atoms with Gasteiger partial charge in [-0.3, -0.25) is 4.79 Å². The summed E-state index contributed by atoms with van der Waals surface area (Å²) < 4.78 is 2.64. The predicted octanol–water partition coefficient (Wildman–Crippen LogP) is 5.12. The van der Waals surface area contributed by atoms with Crippen LogP contribution in [0.2, 0.25) is 4.47 Å². The van der Waals surface area contributed by atoms with E-state index in [4.69, 9.17) is 11.6 Å². The number of halogens is 1. The van der Waals surface area contributed by atoms with E-state index in [0.29, 0.717) is 22.1 Å². The van der Waals surface area contributed by atoms with Crippen LogP contribution in [0.1, 0.15) is 32.2 Å². The van der Waals surface area contributed by atoms with Gasteiger partial charge in [-0.25, -0.2) is 20.4 Å². The lowest BCUT2D eigenvalue weighted by atomic mass is 10.1.